The normalized spacial score (nSPS) is 16.9. The largest absolute Gasteiger partial charge is 0.328 e. The lowest BCUT2D eigenvalue weighted by molar-refractivity contribution is 0.244. The van der Waals surface area contributed by atoms with Crippen LogP contribution >= 0.6 is 0 Å². The molecule has 1 aromatic heterocycles. The Morgan fingerprint density at radius 2 is 2.15 bits per heavy atom. The Hall–Kier alpha value is -1.65. The number of fused-ring (bicyclic) bond motifs is 1. The molecule has 106 valence electrons. The third kappa shape index (κ3) is 2.92. The van der Waals surface area contributed by atoms with Gasteiger partial charge in [-0.25, -0.2) is 0 Å². The summed E-state index contributed by atoms with van der Waals surface area (Å²) in [6, 6.07) is 10.8. The molecule has 0 aliphatic carbocycles. The predicted molar refractivity (Wildman–Crippen MR) is 80.2 cm³/mol. The number of nitrogens with two attached hydrogens (primary N) is 1. The van der Waals surface area contributed by atoms with E-state index >= 15 is 0 Å². The summed E-state index contributed by atoms with van der Waals surface area (Å²) in [5.74, 6) is 0. The molecule has 0 amide bonds. The van der Waals surface area contributed by atoms with Crippen molar-refractivity contribution in [3.63, 3.8) is 0 Å². The molecule has 2 aromatic rings. The molecule has 4 heteroatoms. The first kappa shape index (κ1) is 13.3. The van der Waals surface area contributed by atoms with Gasteiger partial charge < -0.3 is 5.73 Å². The van der Waals surface area contributed by atoms with Gasteiger partial charge in [0.25, 0.3) is 0 Å². The number of aromatic amines is 1. The van der Waals surface area contributed by atoms with Crippen LogP contribution in [-0.4, -0.2) is 27.7 Å². The summed E-state index contributed by atoms with van der Waals surface area (Å²) in [7, 11) is 0. The Labute approximate surface area is 120 Å². The number of nitrogens with one attached hydrogen (secondary N) is 1. The average Bonchev–Trinajstić information content (AvgIpc) is 2.82. The van der Waals surface area contributed by atoms with Gasteiger partial charge in [0, 0.05) is 49.8 Å². The quantitative estimate of drug-likeness (QED) is 0.891. The highest BCUT2D eigenvalue weighted by atomic mass is 15.2. The lowest BCUT2D eigenvalue weighted by atomic mass is 10.0. The van der Waals surface area contributed by atoms with Crippen molar-refractivity contribution in [3.8, 4) is 0 Å². The fourth-order valence-corrected chi connectivity index (χ4v) is 2.86. The molecule has 0 saturated heterocycles. The zero-order valence-corrected chi connectivity index (χ0v) is 12.0. The minimum atomic E-state index is 0.159. The minimum Gasteiger partial charge on any atom is -0.328 e. The van der Waals surface area contributed by atoms with E-state index in [4.69, 9.17) is 5.73 Å². The van der Waals surface area contributed by atoms with Crippen molar-refractivity contribution < 1.29 is 0 Å². The van der Waals surface area contributed by atoms with Gasteiger partial charge in [-0.3, -0.25) is 10.00 Å². The van der Waals surface area contributed by atoms with Crippen LogP contribution in [0.5, 0.6) is 0 Å². The van der Waals surface area contributed by atoms with E-state index in [0.29, 0.717) is 0 Å². The van der Waals surface area contributed by atoms with Gasteiger partial charge in [0.15, 0.2) is 0 Å². The first-order valence-corrected chi connectivity index (χ1v) is 7.29. The van der Waals surface area contributed by atoms with Gasteiger partial charge in [-0.05, 0) is 12.5 Å². The number of aromatic nitrogens is 2. The van der Waals surface area contributed by atoms with Crippen LogP contribution in [0.4, 0.5) is 0 Å². The molecule has 1 aliphatic heterocycles. The van der Waals surface area contributed by atoms with E-state index in [2.05, 4.69) is 45.4 Å². The molecule has 1 atom stereocenters. The number of benzene rings is 1. The molecule has 0 fully saturated rings. The van der Waals surface area contributed by atoms with Crippen LogP contribution in [0.1, 0.15) is 29.4 Å². The summed E-state index contributed by atoms with van der Waals surface area (Å²) >= 11 is 0. The third-order valence-corrected chi connectivity index (χ3v) is 3.86. The average molecular weight is 270 g/mol. The van der Waals surface area contributed by atoms with Crippen LogP contribution in [0.25, 0.3) is 0 Å². The van der Waals surface area contributed by atoms with Crippen molar-refractivity contribution in [2.75, 3.05) is 6.54 Å². The monoisotopic (exact) mass is 270 g/mol. The molecule has 3 rings (SSSR count). The van der Waals surface area contributed by atoms with Crippen LogP contribution in [0.2, 0.25) is 0 Å². The number of nitrogens with zero attached hydrogens (tertiary/aromatic N) is 2. The van der Waals surface area contributed by atoms with Gasteiger partial charge in [-0.2, -0.15) is 5.10 Å². The molecule has 0 radical (unpaired) electrons. The Morgan fingerprint density at radius 1 is 1.35 bits per heavy atom. The van der Waals surface area contributed by atoms with Gasteiger partial charge in [-0.15, -0.1) is 0 Å². The molecular weight excluding hydrogens is 248 g/mol. The van der Waals surface area contributed by atoms with E-state index in [-0.39, 0.29) is 6.04 Å². The highest BCUT2D eigenvalue weighted by Gasteiger charge is 2.22. The van der Waals surface area contributed by atoms with E-state index in [1.807, 2.05) is 6.92 Å². The third-order valence-electron chi connectivity index (χ3n) is 3.86. The molecule has 1 aromatic carbocycles. The molecule has 0 bridgehead atoms. The van der Waals surface area contributed by atoms with Gasteiger partial charge in [0.1, 0.15) is 0 Å². The smallest absolute Gasteiger partial charge is 0.0685 e. The second kappa shape index (κ2) is 5.77. The molecule has 1 unspecified atom stereocenters. The zero-order chi connectivity index (χ0) is 13.9. The van der Waals surface area contributed by atoms with Crippen LogP contribution in [-0.2, 0) is 25.9 Å². The number of hydrogen-bond donors (Lipinski definition) is 2. The van der Waals surface area contributed by atoms with E-state index in [1.165, 1.54) is 16.8 Å². The maximum atomic E-state index is 5.91. The van der Waals surface area contributed by atoms with Crippen molar-refractivity contribution >= 4 is 0 Å². The van der Waals surface area contributed by atoms with E-state index in [9.17, 15) is 0 Å². The molecule has 0 saturated carbocycles. The second-order valence-corrected chi connectivity index (χ2v) is 5.76. The lowest BCUT2D eigenvalue weighted by Gasteiger charge is -2.27. The van der Waals surface area contributed by atoms with E-state index < -0.39 is 0 Å². The van der Waals surface area contributed by atoms with E-state index in [0.717, 1.165) is 38.2 Å². The number of hydrogen-bond acceptors (Lipinski definition) is 3. The number of H-pyrrole nitrogens is 1. The van der Waals surface area contributed by atoms with Gasteiger partial charge >= 0.3 is 0 Å². The topological polar surface area (TPSA) is 57.9 Å². The zero-order valence-electron chi connectivity index (χ0n) is 12.0. The van der Waals surface area contributed by atoms with Crippen LogP contribution in [0, 0.1) is 0 Å². The summed E-state index contributed by atoms with van der Waals surface area (Å²) in [5.41, 5.74) is 11.1. The molecule has 2 heterocycles. The fourth-order valence-electron chi connectivity index (χ4n) is 2.86. The molecule has 20 heavy (non-hydrogen) atoms. The summed E-state index contributed by atoms with van der Waals surface area (Å²) in [5, 5.41) is 7.63. The van der Waals surface area contributed by atoms with Crippen LogP contribution in [0.15, 0.2) is 30.3 Å². The molecule has 1 aliphatic rings. The standard InChI is InChI=1S/C16H22N4/c1-12(17)9-16-14-11-20(8-7-15(14)18-19-16)10-13-5-3-2-4-6-13/h2-6,12H,7-11,17H2,1H3,(H,18,19). The number of rotatable bonds is 4. The van der Waals surface area contributed by atoms with Crippen LogP contribution in [0.3, 0.4) is 0 Å². The molecular formula is C16H22N4. The van der Waals surface area contributed by atoms with Crippen molar-refractivity contribution in [2.24, 2.45) is 5.73 Å². The summed E-state index contributed by atoms with van der Waals surface area (Å²) in [6.07, 6.45) is 1.90. The minimum absolute atomic E-state index is 0.159. The second-order valence-electron chi connectivity index (χ2n) is 5.76. The highest BCUT2D eigenvalue weighted by Crippen LogP contribution is 2.22. The van der Waals surface area contributed by atoms with Crippen molar-refractivity contribution in [1.82, 2.24) is 15.1 Å². The van der Waals surface area contributed by atoms with Gasteiger partial charge in [0.05, 0.1) is 5.69 Å². The summed E-state index contributed by atoms with van der Waals surface area (Å²) in [4.78, 5) is 2.48. The maximum Gasteiger partial charge on any atom is 0.0685 e. The first-order valence-electron chi connectivity index (χ1n) is 7.29. The molecule has 0 spiro atoms. The van der Waals surface area contributed by atoms with Gasteiger partial charge in [-0.1, -0.05) is 30.3 Å². The Balaban J connectivity index is 1.72. The van der Waals surface area contributed by atoms with Crippen molar-refractivity contribution in [1.29, 1.82) is 0 Å². The highest BCUT2D eigenvalue weighted by molar-refractivity contribution is 5.28. The first-order chi connectivity index (χ1) is 9.72. The maximum absolute atomic E-state index is 5.91. The Bertz CT molecular complexity index is 559. The molecule has 3 N–H and O–H groups in total. The Morgan fingerprint density at radius 3 is 2.90 bits per heavy atom. The summed E-state index contributed by atoms with van der Waals surface area (Å²) < 4.78 is 0. The van der Waals surface area contributed by atoms with Crippen LogP contribution < -0.4 is 5.73 Å². The molecule has 4 nitrogen and oxygen atoms in total. The van der Waals surface area contributed by atoms with Gasteiger partial charge in [0.2, 0.25) is 0 Å². The van der Waals surface area contributed by atoms with Crippen molar-refractivity contribution in [3.05, 3.63) is 52.8 Å². The van der Waals surface area contributed by atoms with E-state index in [1.54, 1.807) is 0 Å². The van der Waals surface area contributed by atoms with Crippen molar-refractivity contribution in [2.45, 2.75) is 38.9 Å². The lowest BCUT2D eigenvalue weighted by Crippen LogP contribution is -2.30. The Kier molecular flexibility index (Phi) is 3.85. The SMILES string of the molecule is CC(N)Cc1n[nH]c2c1CN(Cc1ccccc1)CC2. The predicted octanol–water partition coefficient (Wildman–Crippen LogP) is 1.86. The fraction of sp³-hybridized carbons (Fsp3) is 0.438. The summed E-state index contributed by atoms with van der Waals surface area (Å²) in [6.45, 7) is 5.10.